The summed E-state index contributed by atoms with van der Waals surface area (Å²) >= 11 is 2.04. The Bertz CT molecular complexity index is 329. The molecule has 21 heavy (non-hydrogen) atoms. The van der Waals surface area contributed by atoms with Gasteiger partial charge in [-0.05, 0) is 63.3 Å². The molecule has 1 rings (SSSR count). The first-order chi connectivity index (χ1) is 10.4. The van der Waals surface area contributed by atoms with Gasteiger partial charge in [-0.2, -0.15) is 11.8 Å². The normalized spacial score (nSPS) is 11.2. The van der Waals surface area contributed by atoms with E-state index in [2.05, 4.69) is 54.4 Å². The molecule has 0 aliphatic rings. The molecular weight excluding hydrogens is 276 g/mol. The number of hydrogen-bond donors (Lipinski definition) is 1. The first-order valence-electron chi connectivity index (χ1n) is 8.41. The molecule has 0 unspecified atom stereocenters. The van der Waals surface area contributed by atoms with Gasteiger partial charge in [0.05, 0.1) is 0 Å². The van der Waals surface area contributed by atoms with Gasteiger partial charge in [-0.25, -0.2) is 0 Å². The average molecular weight is 309 g/mol. The number of benzene rings is 1. The van der Waals surface area contributed by atoms with Crippen LogP contribution in [0.3, 0.4) is 0 Å². The summed E-state index contributed by atoms with van der Waals surface area (Å²) in [6.07, 6.45) is 3.80. The summed E-state index contributed by atoms with van der Waals surface area (Å²) in [6, 6.07) is 10.7. The molecule has 0 heterocycles. The smallest absolute Gasteiger partial charge is 0.0184 e. The van der Waals surface area contributed by atoms with Gasteiger partial charge in [0.15, 0.2) is 0 Å². The summed E-state index contributed by atoms with van der Waals surface area (Å²) < 4.78 is 0. The molecule has 3 heteroatoms. The van der Waals surface area contributed by atoms with Crippen LogP contribution in [0.25, 0.3) is 0 Å². The van der Waals surface area contributed by atoms with E-state index in [1.54, 1.807) is 0 Å². The minimum atomic E-state index is 1.14. The fourth-order valence-corrected chi connectivity index (χ4v) is 3.28. The lowest BCUT2D eigenvalue weighted by molar-refractivity contribution is 0.283. The number of nitrogens with one attached hydrogen (secondary N) is 1. The van der Waals surface area contributed by atoms with E-state index in [1.165, 1.54) is 50.2 Å². The summed E-state index contributed by atoms with van der Waals surface area (Å²) in [7, 11) is 0. The van der Waals surface area contributed by atoms with Crippen LogP contribution in [-0.4, -0.2) is 43.4 Å². The molecule has 0 spiro atoms. The van der Waals surface area contributed by atoms with Gasteiger partial charge in [0.25, 0.3) is 0 Å². The predicted octanol–water partition coefficient (Wildman–Crippen LogP) is 4.02. The minimum absolute atomic E-state index is 1.14. The molecule has 1 aromatic carbocycles. The van der Waals surface area contributed by atoms with Gasteiger partial charge in [-0.15, -0.1) is 0 Å². The summed E-state index contributed by atoms with van der Waals surface area (Å²) in [6.45, 7) is 10.5. The SMILES string of the molecule is CCCN(CC)CCCNCCCSCc1ccccc1. The van der Waals surface area contributed by atoms with Crippen LogP contribution in [0.4, 0.5) is 0 Å². The molecule has 0 aliphatic heterocycles. The number of thioether (sulfide) groups is 1. The molecule has 2 nitrogen and oxygen atoms in total. The number of hydrogen-bond acceptors (Lipinski definition) is 3. The summed E-state index contributed by atoms with van der Waals surface area (Å²) in [5.41, 5.74) is 1.44. The monoisotopic (exact) mass is 308 g/mol. The van der Waals surface area contributed by atoms with Crippen LogP contribution in [0.5, 0.6) is 0 Å². The van der Waals surface area contributed by atoms with Gasteiger partial charge in [0, 0.05) is 5.75 Å². The Balaban J connectivity index is 1.86. The van der Waals surface area contributed by atoms with Crippen molar-refractivity contribution in [1.82, 2.24) is 10.2 Å². The second-order valence-corrected chi connectivity index (χ2v) is 6.53. The fourth-order valence-electron chi connectivity index (χ4n) is 2.36. The Labute approximate surface area is 135 Å². The second kappa shape index (κ2) is 13.2. The van der Waals surface area contributed by atoms with Crippen molar-refractivity contribution in [3.8, 4) is 0 Å². The lowest BCUT2D eigenvalue weighted by atomic mass is 10.2. The Morgan fingerprint density at radius 1 is 1.00 bits per heavy atom. The Morgan fingerprint density at radius 2 is 1.76 bits per heavy atom. The molecule has 1 aromatic rings. The van der Waals surface area contributed by atoms with Crippen molar-refractivity contribution in [2.75, 3.05) is 38.5 Å². The molecule has 0 saturated heterocycles. The van der Waals surface area contributed by atoms with E-state index in [0.29, 0.717) is 0 Å². The molecule has 0 aliphatic carbocycles. The summed E-state index contributed by atoms with van der Waals surface area (Å²) in [4.78, 5) is 2.54. The van der Waals surface area contributed by atoms with Gasteiger partial charge in [0.2, 0.25) is 0 Å². The first kappa shape index (κ1) is 18.5. The van der Waals surface area contributed by atoms with Crippen LogP contribution in [-0.2, 0) is 5.75 Å². The zero-order valence-electron chi connectivity index (χ0n) is 13.8. The zero-order chi connectivity index (χ0) is 15.2. The van der Waals surface area contributed by atoms with E-state index in [0.717, 1.165) is 18.8 Å². The second-order valence-electron chi connectivity index (χ2n) is 5.43. The Morgan fingerprint density at radius 3 is 2.48 bits per heavy atom. The highest BCUT2D eigenvalue weighted by Crippen LogP contribution is 2.12. The van der Waals surface area contributed by atoms with Gasteiger partial charge < -0.3 is 10.2 Å². The van der Waals surface area contributed by atoms with Crippen LogP contribution < -0.4 is 5.32 Å². The van der Waals surface area contributed by atoms with E-state index in [9.17, 15) is 0 Å². The molecule has 0 radical (unpaired) electrons. The molecule has 0 saturated carbocycles. The third kappa shape index (κ3) is 9.94. The van der Waals surface area contributed by atoms with Gasteiger partial charge in [0.1, 0.15) is 0 Å². The van der Waals surface area contributed by atoms with E-state index in [-0.39, 0.29) is 0 Å². The number of rotatable bonds is 13. The van der Waals surface area contributed by atoms with E-state index >= 15 is 0 Å². The largest absolute Gasteiger partial charge is 0.317 e. The molecule has 0 atom stereocenters. The molecule has 0 bridgehead atoms. The highest BCUT2D eigenvalue weighted by molar-refractivity contribution is 7.98. The molecular formula is C18H32N2S. The summed E-state index contributed by atoms with van der Waals surface area (Å²) in [5.74, 6) is 2.39. The first-order valence-corrected chi connectivity index (χ1v) is 9.57. The molecule has 0 fully saturated rings. The minimum Gasteiger partial charge on any atom is -0.317 e. The maximum absolute atomic E-state index is 3.57. The van der Waals surface area contributed by atoms with Gasteiger partial charge in [-0.1, -0.05) is 44.2 Å². The number of nitrogens with zero attached hydrogens (tertiary/aromatic N) is 1. The van der Waals surface area contributed by atoms with Crippen molar-refractivity contribution >= 4 is 11.8 Å². The van der Waals surface area contributed by atoms with Crippen molar-refractivity contribution in [2.45, 2.75) is 38.9 Å². The predicted molar refractivity (Wildman–Crippen MR) is 97.1 cm³/mol. The topological polar surface area (TPSA) is 15.3 Å². The van der Waals surface area contributed by atoms with Crippen LogP contribution in [0.15, 0.2) is 30.3 Å². The van der Waals surface area contributed by atoms with E-state index in [1.807, 2.05) is 11.8 Å². The van der Waals surface area contributed by atoms with Crippen LogP contribution >= 0.6 is 11.8 Å². The van der Waals surface area contributed by atoms with Crippen LogP contribution in [0.2, 0.25) is 0 Å². The van der Waals surface area contributed by atoms with Crippen LogP contribution in [0, 0.1) is 0 Å². The fraction of sp³-hybridized carbons (Fsp3) is 0.667. The maximum Gasteiger partial charge on any atom is 0.0184 e. The van der Waals surface area contributed by atoms with Crippen molar-refractivity contribution in [3.63, 3.8) is 0 Å². The average Bonchev–Trinajstić information content (AvgIpc) is 2.53. The molecule has 1 N–H and O–H groups in total. The maximum atomic E-state index is 3.57. The van der Waals surface area contributed by atoms with Crippen molar-refractivity contribution in [3.05, 3.63) is 35.9 Å². The van der Waals surface area contributed by atoms with Crippen molar-refractivity contribution in [1.29, 1.82) is 0 Å². The van der Waals surface area contributed by atoms with Gasteiger partial charge >= 0.3 is 0 Å². The molecule has 0 amide bonds. The third-order valence-corrected chi connectivity index (χ3v) is 4.68. The van der Waals surface area contributed by atoms with Gasteiger partial charge in [-0.3, -0.25) is 0 Å². The lowest BCUT2D eigenvalue weighted by Crippen LogP contribution is -2.28. The van der Waals surface area contributed by atoms with E-state index in [4.69, 9.17) is 0 Å². The Kier molecular flexibility index (Phi) is 11.6. The zero-order valence-corrected chi connectivity index (χ0v) is 14.6. The Hall–Kier alpha value is -0.510. The summed E-state index contributed by atoms with van der Waals surface area (Å²) in [5, 5.41) is 3.57. The third-order valence-electron chi connectivity index (χ3n) is 3.57. The lowest BCUT2D eigenvalue weighted by Gasteiger charge is -2.19. The highest BCUT2D eigenvalue weighted by atomic mass is 32.2. The molecule has 120 valence electrons. The van der Waals surface area contributed by atoms with Crippen LogP contribution in [0.1, 0.15) is 38.7 Å². The van der Waals surface area contributed by atoms with Crippen molar-refractivity contribution < 1.29 is 0 Å². The molecule has 0 aromatic heterocycles. The quantitative estimate of drug-likeness (QED) is 0.554. The van der Waals surface area contributed by atoms with E-state index < -0.39 is 0 Å². The van der Waals surface area contributed by atoms with Crippen molar-refractivity contribution in [2.24, 2.45) is 0 Å². The highest BCUT2D eigenvalue weighted by Gasteiger charge is 1.99. The standard InChI is InChI=1S/C18H32N2S/c1-3-14-20(4-2)15-8-12-19-13-9-16-21-17-18-10-6-5-7-11-18/h5-7,10-11,19H,3-4,8-9,12-17H2,1-2H3.